The van der Waals surface area contributed by atoms with Gasteiger partial charge in [-0.15, -0.1) is 0 Å². The fourth-order valence-electron chi connectivity index (χ4n) is 5.08. The van der Waals surface area contributed by atoms with Gasteiger partial charge in [-0.3, -0.25) is 9.36 Å². The largest absolute Gasteiger partial charge is 0.352 e. The third-order valence-electron chi connectivity index (χ3n) is 7.24. The molecule has 1 aliphatic heterocycles. The summed E-state index contributed by atoms with van der Waals surface area (Å²) in [6.45, 7) is 15.0. The van der Waals surface area contributed by atoms with E-state index in [0.717, 1.165) is 12.8 Å². The summed E-state index contributed by atoms with van der Waals surface area (Å²) in [6.07, 6.45) is 7.71. The minimum Gasteiger partial charge on any atom is -0.352 e. The van der Waals surface area contributed by atoms with E-state index in [2.05, 4.69) is 62.6 Å². The molecule has 2 unspecified atom stereocenters. The van der Waals surface area contributed by atoms with Crippen LogP contribution < -0.4 is 11.0 Å². The van der Waals surface area contributed by atoms with E-state index in [1.54, 1.807) is 30.5 Å². The Labute approximate surface area is 263 Å². The first-order chi connectivity index (χ1) is 21.0. The summed E-state index contributed by atoms with van der Waals surface area (Å²) >= 11 is 0. The fourth-order valence-corrected chi connectivity index (χ4v) is 6.83. The molecule has 1 N–H and O–H groups in total. The van der Waals surface area contributed by atoms with Gasteiger partial charge in [-0.25, -0.2) is 9.46 Å². The highest BCUT2D eigenvalue weighted by molar-refractivity contribution is 7.44. The number of benzene rings is 1. The lowest BCUT2D eigenvalue weighted by atomic mass is 10.1. The summed E-state index contributed by atoms with van der Waals surface area (Å²) in [4.78, 5) is 30.7. The van der Waals surface area contributed by atoms with Gasteiger partial charge >= 0.3 is 5.69 Å². The molecule has 11 heteroatoms. The lowest BCUT2D eigenvalue weighted by molar-refractivity contribution is -0.0200. The average Bonchev–Trinajstić information content (AvgIpc) is 3.38. The number of nitrogens with zero attached hydrogens (tertiary/aromatic N) is 4. The van der Waals surface area contributed by atoms with E-state index in [4.69, 9.17) is 19.0 Å². The predicted molar refractivity (Wildman–Crippen MR) is 175 cm³/mol. The predicted octanol–water partition coefficient (Wildman–Crippen LogP) is 7.30. The molecule has 10 nitrogen and oxygen atoms in total. The monoisotopic (exact) mass is 625 g/mol. The van der Waals surface area contributed by atoms with Gasteiger partial charge in [0.05, 0.1) is 31.3 Å². The van der Waals surface area contributed by atoms with Crippen LogP contribution >= 0.6 is 8.53 Å². The molecule has 3 rings (SSSR count). The van der Waals surface area contributed by atoms with Gasteiger partial charge in [-0.05, 0) is 65.0 Å². The molecule has 240 valence electrons. The van der Waals surface area contributed by atoms with E-state index in [1.165, 1.54) is 4.57 Å². The van der Waals surface area contributed by atoms with E-state index >= 15 is 0 Å². The lowest BCUT2D eigenvalue weighted by Gasteiger charge is -2.37. The molecule has 1 saturated heterocycles. The van der Waals surface area contributed by atoms with Crippen LogP contribution in [0.5, 0.6) is 0 Å². The van der Waals surface area contributed by atoms with Crippen molar-refractivity contribution in [3.8, 4) is 6.07 Å². The van der Waals surface area contributed by atoms with Gasteiger partial charge < -0.3 is 19.1 Å². The van der Waals surface area contributed by atoms with Gasteiger partial charge in [0, 0.05) is 35.8 Å². The first-order valence-corrected chi connectivity index (χ1v) is 16.7. The van der Waals surface area contributed by atoms with Crippen LogP contribution in [0.15, 0.2) is 47.4 Å². The van der Waals surface area contributed by atoms with Crippen molar-refractivity contribution < 1.29 is 18.6 Å². The SMILES string of the molecule is CC[C@H]1O[C@@H](n2cc(/C=C/CCC(C)C)c(NC(=O)c3ccccc3)nc2=O)CC1OP(OCCC#N)N(C(C)C)C(C)C. The number of anilines is 1. The van der Waals surface area contributed by atoms with Crippen LogP contribution in [0.1, 0.15) is 103 Å². The zero-order valence-corrected chi connectivity index (χ0v) is 28.0. The Hall–Kier alpha value is -2.93. The standard InChI is InChI=1S/C33H48N5O5P/c1-8-28-29(43-44(41-20-14-19-34)38(24(4)5)25(6)7)21-30(42-28)37-22-27(18-13-12-15-23(2)3)31(36-33(37)40)35-32(39)26-16-10-9-11-17-26/h9-11,13,16-18,22-25,28-30H,8,12,14-15,20-21H2,1-7H3,(H,35,36,39,40)/b18-13+/t28-,29?,30-,44?/m1/s1. The summed E-state index contributed by atoms with van der Waals surface area (Å²) in [5, 5.41) is 11.9. The van der Waals surface area contributed by atoms with Crippen molar-refractivity contribution in [3.05, 3.63) is 64.2 Å². The Morgan fingerprint density at radius 1 is 1.23 bits per heavy atom. The fraction of sp³-hybridized carbons (Fsp3) is 0.576. The van der Waals surface area contributed by atoms with E-state index in [-0.39, 0.29) is 49.0 Å². The molecule has 1 fully saturated rings. The molecule has 2 heterocycles. The molecule has 1 aromatic carbocycles. The quantitative estimate of drug-likeness (QED) is 0.152. The van der Waals surface area contributed by atoms with Crippen LogP contribution in [-0.2, 0) is 13.8 Å². The van der Waals surface area contributed by atoms with Gasteiger partial charge in [0.25, 0.3) is 14.4 Å². The number of ether oxygens (including phenoxy) is 1. The number of carbonyl (C=O) groups is 1. The van der Waals surface area contributed by atoms with Gasteiger partial charge in [0.2, 0.25) is 0 Å². The first kappa shape index (κ1) is 35.5. The van der Waals surface area contributed by atoms with Crippen molar-refractivity contribution in [3.63, 3.8) is 0 Å². The number of hydrogen-bond acceptors (Lipinski definition) is 8. The molecule has 1 amide bonds. The van der Waals surface area contributed by atoms with Crippen molar-refractivity contribution in [2.45, 2.75) is 111 Å². The molecule has 0 bridgehead atoms. The lowest BCUT2D eigenvalue weighted by Crippen LogP contribution is -2.35. The molecule has 2 aromatic rings. The van der Waals surface area contributed by atoms with Crippen LogP contribution in [0.2, 0.25) is 0 Å². The Kier molecular flexibility index (Phi) is 14.2. The summed E-state index contributed by atoms with van der Waals surface area (Å²) in [7, 11) is -1.47. The molecule has 4 atom stereocenters. The van der Waals surface area contributed by atoms with Crippen molar-refractivity contribution >= 4 is 26.3 Å². The number of aromatic nitrogens is 2. The number of amides is 1. The minimum absolute atomic E-state index is 0.164. The Bertz CT molecular complexity index is 1320. The van der Waals surface area contributed by atoms with E-state index in [0.29, 0.717) is 29.9 Å². The average molecular weight is 626 g/mol. The van der Waals surface area contributed by atoms with Crippen molar-refractivity contribution in [2.75, 3.05) is 11.9 Å². The topological polar surface area (TPSA) is 119 Å². The zero-order valence-electron chi connectivity index (χ0n) is 27.1. The molecule has 1 aliphatic rings. The highest BCUT2D eigenvalue weighted by atomic mass is 31.2. The number of hydrogen-bond donors (Lipinski definition) is 1. The molecule has 0 radical (unpaired) electrons. The highest BCUT2D eigenvalue weighted by Gasteiger charge is 2.40. The van der Waals surface area contributed by atoms with Gasteiger partial charge in [-0.2, -0.15) is 10.2 Å². The minimum atomic E-state index is -1.47. The Balaban J connectivity index is 1.90. The van der Waals surface area contributed by atoms with Crippen LogP contribution in [0, 0.1) is 17.2 Å². The summed E-state index contributed by atoms with van der Waals surface area (Å²) in [5.41, 5.74) is 0.571. The van der Waals surface area contributed by atoms with E-state index in [9.17, 15) is 9.59 Å². The molecular weight excluding hydrogens is 577 g/mol. The third kappa shape index (κ3) is 10.0. The van der Waals surface area contributed by atoms with Crippen molar-refractivity contribution in [1.29, 1.82) is 5.26 Å². The number of carbonyl (C=O) groups excluding carboxylic acids is 1. The molecule has 1 aromatic heterocycles. The maximum atomic E-state index is 13.4. The maximum absolute atomic E-state index is 13.4. The van der Waals surface area contributed by atoms with Crippen molar-refractivity contribution in [2.24, 2.45) is 5.92 Å². The summed E-state index contributed by atoms with van der Waals surface area (Å²) < 4.78 is 22.8. The van der Waals surface area contributed by atoms with Crippen molar-refractivity contribution in [1.82, 2.24) is 14.2 Å². The summed E-state index contributed by atoms with van der Waals surface area (Å²) in [5.74, 6) is 0.418. The van der Waals surface area contributed by atoms with E-state index in [1.807, 2.05) is 25.1 Å². The molecular formula is C33H48N5O5P. The second kappa shape index (κ2) is 17.5. The summed E-state index contributed by atoms with van der Waals surface area (Å²) in [6, 6.07) is 11.3. The van der Waals surface area contributed by atoms with Gasteiger partial charge in [0.15, 0.2) is 0 Å². The Morgan fingerprint density at radius 3 is 2.55 bits per heavy atom. The van der Waals surface area contributed by atoms with E-state index < -0.39 is 20.4 Å². The number of nitriles is 1. The van der Waals surface area contributed by atoms with Crippen LogP contribution in [0.25, 0.3) is 6.08 Å². The third-order valence-corrected chi connectivity index (χ3v) is 9.39. The molecule has 0 spiro atoms. The second-order valence-electron chi connectivity index (χ2n) is 11.9. The highest BCUT2D eigenvalue weighted by Crippen LogP contribution is 2.50. The second-order valence-corrected chi connectivity index (χ2v) is 13.3. The van der Waals surface area contributed by atoms with Crippen LogP contribution in [0.4, 0.5) is 5.82 Å². The number of rotatable bonds is 16. The first-order valence-electron chi connectivity index (χ1n) is 15.6. The van der Waals surface area contributed by atoms with Gasteiger partial charge in [0.1, 0.15) is 12.0 Å². The molecule has 0 saturated carbocycles. The van der Waals surface area contributed by atoms with Gasteiger partial charge in [-0.1, -0.05) is 51.1 Å². The molecule has 0 aliphatic carbocycles. The van der Waals surface area contributed by atoms with Crippen LogP contribution in [0.3, 0.4) is 0 Å². The Morgan fingerprint density at radius 2 is 1.93 bits per heavy atom. The smallest absolute Gasteiger partial charge is 0.351 e. The maximum Gasteiger partial charge on any atom is 0.351 e. The van der Waals surface area contributed by atoms with Crippen LogP contribution in [-0.4, -0.2) is 51.0 Å². The molecule has 44 heavy (non-hydrogen) atoms. The normalized spacial score (nSPS) is 19.4. The number of nitrogens with one attached hydrogen (secondary N) is 1. The number of allylic oxidation sites excluding steroid dienone is 1. The zero-order chi connectivity index (χ0) is 32.2.